The lowest BCUT2D eigenvalue weighted by Gasteiger charge is -2.16. The quantitative estimate of drug-likeness (QED) is 0.687. The Kier molecular flexibility index (Phi) is 5.03. The van der Waals surface area contributed by atoms with Crippen LogP contribution in [0.4, 0.5) is 11.4 Å². The predicted octanol–water partition coefficient (Wildman–Crippen LogP) is 3.60. The minimum atomic E-state index is -0.266. The lowest BCUT2D eigenvalue weighted by molar-refractivity contribution is 0.102. The number of nitrogens with one attached hydrogen (secondary N) is 1. The molecule has 1 aromatic heterocycles. The fourth-order valence-corrected chi connectivity index (χ4v) is 2.67. The molecule has 1 heterocycles. The van der Waals surface area contributed by atoms with E-state index < -0.39 is 0 Å². The Balaban J connectivity index is 1.98. The van der Waals surface area contributed by atoms with Gasteiger partial charge in [-0.05, 0) is 35.9 Å². The van der Waals surface area contributed by atoms with Crippen LogP contribution in [0.3, 0.4) is 0 Å². The number of aromatic nitrogens is 1. The van der Waals surface area contributed by atoms with E-state index in [1.54, 1.807) is 63.0 Å². The van der Waals surface area contributed by atoms with Gasteiger partial charge in [-0.1, -0.05) is 6.07 Å². The van der Waals surface area contributed by atoms with E-state index in [2.05, 4.69) is 10.3 Å². The topological polar surface area (TPSA) is 86.5 Å². The van der Waals surface area contributed by atoms with Crippen LogP contribution < -0.4 is 20.5 Å². The largest absolute Gasteiger partial charge is 0.496 e. The summed E-state index contributed by atoms with van der Waals surface area (Å²) in [5, 5.41) is 2.85. The van der Waals surface area contributed by atoms with E-state index in [-0.39, 0.29) is 5.91 Å². The summed E-state index contributed by atoms with van der Waals surface area (Å²) in [4.78, 5) is 16.5. The van der Waals surface area contributed by atoms with Gasteiger partial charge in [0.15, 0.2) is 0 Å². The molecule has 0 aliphatic carbocycles. The third-order valence-electron chi connectivity index (χ3n) is 3.88. The molecular formula is C20H19N3O3. The second-order valence-corrected chi connectivity index (χ2v) is 5.57. The molecule has 6 heteroatoms. The summed E-state index contributed by atoms with van der Waals surface area (Å²) in [6, 6.07) is 14.0. The van der Waals surface area contributed by atoms with Crippen molar-refractivity contribution in [2.24, 2.45) is 0 Å². The van der Waals surface area contributed by atoms with Gasteiger partial charge in [0.25, 0.3) is 5.91 Å². The molecule has 0 fully saturated rings. The van der Waals surface area contributed by atoms with E-state index in [4.69, 9.17) is 15.2 Å². The number of hydrogen-bond acceptors (Lipinski definition) is 5. The zero-order valence-corrected chi connectivity index (χ0v) is 14.5. The van der Waals surface area contributed by atoms with Crippen LogP contribution >= 0.6 is 0 Å². The molecular weight excluding hydrogens is 330 g/mol. The van der Waals surface area contributed by atoms with Crippen LogP contribution in [0.5, 0.6) is 11.5 Å². The molecule has 0 bridgehead atoms. The van der Waals surface area contributed by atoms with Crippen molar-refractivity contribution < 1.29 is 14.3 Å². The van der Waals surface area contributed by atoms with Gasteiger partial charge in [-0.25, -0.2) is 0 Å². The molecule has 0 aliphatic rings. The Hall–Kier alpha value is -3.54. The van der Waals surface area contributed by atoms with Crippen LogP contribution in [-0.4, -0.2) is 25.1 Å². The number of hydrogen-bond donors (Lipinski definition) is 2. The van der Waals surface area contributed by atoms with E-state index in [1.165, 1.54) is 0 Å². The van der Waals surface area contributed by atoms with Gasteiger partial charge < -0.3 is 20.5 Å². The Morgan fingerprint density at radius 3 is 2.23 bits per heavy atom. The van der Waals surface area contributed by atoms with Crippen LogP contribution in [0.2, 0.25) is 0 Å². The second kappa shape index (κ2) is 7.57. The van der Waals surface area contributed by atoms with Gasteiger partial charge in [0.1, 0.15) is 11.5 Å². The van der Waals surface area contributed by atoms with E-state index in [0.717, 1.165) is 11.1 Å². The Bertz CT molecular complexity index is 902. The molecule has 2 aromatic carbocycles. The highest BCUT2D eigenvalue weighted by molar-refractivity contribution is 6.05. The molecule has 3 aromatic rings. The van der Waals surface area contributed by atoms with Crippen molar-refractivity contribution in [3.63, 3.8) is 0 Å². The highest BCUT2D eigenvalue weighted by Gasteiger charge is 2.16. The van der Waals surface area contributed by atoms with Crippen LogP contribution in [0, 0.1) is 0 Å². The standard InChI is InChI=1S/C20H19N3O3/c1-25-17-11-16(23-20(24)14-4-3-5-15(21)10-14)12-18(26-2)19(17)13-6-8-22-9-7-13/h3-12H,21H2,1-2H3,(H,23,24). The van der Waals surface area contributed by atoms with Crippen LogP contribution in [-0.2, 0) is 0 Å². The van der Waals surface area contributed by atoms with Gasteiger partial charge in [-0.3, -0.25) is 9.78 Å². The smallest absolute Gasteiger partial charge is 0.255 e. The van der Waals surface area contributed by atoms with Gasteiger partial charge in [0, 0.05) is 41.5 Å². The summed E-state index contributed by atoms with van der Waals surface area (Å²) >= 11 is 0. The maximum atomic E-state index is 12.5. The molecule has 0 saturated heterocycles. The molecule has 0 atom stereocenters. The first-order valence-electron chi connectivity index (χ1n) is 7.95. The van der Waals surface area contributed by atoms with E-state index in [0.29, 0.717) is 28.4 Å². The van der Waals surface area contributed by atoms with E-state index in [1.807, 2.05) is 12.1 Å². The van der Waals surface area contributed by atoms with Gasteiger partial charge in [-0.15, -0.1) is 0 Å². The number of ether oxygens (including phenoxy) is 2. The van der Waals surface area contributed by atoms with Gasteiger partial charge >= 0.3 is 0 Å². The number of pyridine rings is 1. The number of amides is 1. The highest BCUT2D eigenvalue weighted by atomic mass is 16.5. The van der Waals surface area contributed by atoms with Crippen molar-refractivity contribution in [1.29, 1.82) is 0 Å². The number of anilines is 2. The average molecular weight is 349 g/mol. The summed E-state index contributed by atoms with van der Waals surface area (Å²) in [5.41, 5.74) is 9.00. The first-order valence-corrected chi connectivity index (χ1v) is 7.95. The number of nitrogen functional groups attached to an aromatic ring is 1. The summed E-state index contributed by atoms with van der Waals surface area (Å²) < 4.78 is 11.0. The average Bonchev–Trinajstić information content (AvgIpc) is 2.67. The van der Waals surface area contributed by atoms with Crippen LogP contribution in [0.15, 0.2) is 60.9 Å². The van der Waals surface area contributed by atoms with Gasteiger partial charge in [0.2, 0.25) is 0 Å². The second-order valence-electron chi connectivity index (χ2n) is 5.57. The predicted molar refractivity (Wildman–Crippen MR) is 102 cm³/mol. The van der Waals surface area contributed by atoms with Crippen molar-refractivity contribution in [3.05, 3.63) is 66.5 Å². The fourth-order valence-electron chi connectivity index (χ4n) is 2.67. The van der Waals surface area contributed by atoms with Gasteiger partial charge in [-0.2, -0.15) is 0 Å². The Morgan fingerprint density at radius 1 is 1.00 bits per heavy atom. The zero-order chi connectivity index (χ0) is 18.5. The lowest BCUT2D eigenvalue weighted by Crippen LogP contribution is -2.12. The van der Waals surface area contributed by atoms with E-state index >= 15 is 0 Å². The summed E-state index contributed by atoms with van der Waals surface area (Å²) in [7, 11) is 3.14. The molecule has 0 aliphatic heterocycles. The Morgan fingerprint density at radius 2 is 1.65 bits per heavy atom. The molecule has 3 rings (SSSR count). The monoisotopic (exact) mass is 349 g/mol. The Labute approximate surface area is 151 Å². The van der Waals surface area contributed by atoms with Crippen molar-refractivity contribution in [3.8, 4) is 22.6 Å². The third kappa shape index (κ3) is 3.59. The molecule has 0 saturated carbocycles. The summed E-state index contributed by atoms with van der Waals surface area (Å²) in [5.74, 6) is 0.898. The number of methoxy groups -OCH3 is 2. The number of nitrogens with two attached hydrogens (primary N) is 1. The number of carbonyl (C=O) groups is 1. The molecule has 26 heavy (non-hydrogen) atoms. The SMILES string of the molecule is COc1cc(NC(=O)c2cccc(N)c2)cc(OC)c1-c1ccncc1. The molecule has 132 valence electrons. The summed E-state index contributed by atoms with van der Waals surface area (Å²) in [6.07, 6.45) is 3.40. The number of nitrogens with zero attached hydrogens (tertiary/aromatic N) is 1. The lowest BCUT2D eigenvalue weighted by atomic mass is 10.0. The molecule has 6 nitrogen and oxygen atoms in total. The minimum absolute atomic E-state index is 0.266. The van der Waals surface area contributed by atoms with Crippen molar-refractivity contribution in [2.75, 3.05) is 25.3 Å². The normalized spacial score (nSPS) is 10.2. The zero-order valence-electron chi connectivity index (χ0n) is 14.5. The van der Waals surface area contributed by atoms with Crippen molar-refractivity contribution >= 4 is 17.3 Å². The fraction of sp³-hybridized carbons (Fsp3) is 0.100. The molecule has 0 radical (unpaired) electrons. The first kappa shape index (κ1) is 17.3. The van der Waals surface area contributed by atoms with Gasteiger partial charge in [0.05, 0.1) is 19.8 Å². The summed E-state index contributed by atoms with van der Waals surface area (Å²) in [6.45, 7) is 0. The van der Waals surface area contributed by atoms with Crippen LogP contribution in [0.1, 0.15) is 10.4 Å². The van der Waals surface area contributed by atoms with Crippen molar-refractivity contribution in [2.45, 2.75) is 0 Å². The first-order chi connectivity index (χ1) is 12.6. The molecule has 0 spiro atoms. The maximum Gasteiger partial charge on any atom is 0.255 e. The molecule has 3 N–H and O–H groups in total. The van der Waals surface area contributed by atoms with Crippen LogP contribution in [0.25, 0.3) is 11.1 Å². The maximum absolute atomic E-state index is 12.5. The van der Waals surface area contributed by atoms with E-state index in [9.17, 15) is 4.79 Å². The number of rotatable bonds is 5. The highest BCUT2D eigenvalue weighted by Crippen LogP contribution is 2.40. The molecule has 1 amide bonds. The number of benzene rings is 2. The molecule has 0 unspecified atom stereocenters. The van der Waals surface area contributed by atoms with Crippen molar-refractivity contribution in [1.82, 2.24) is 4.98 Å². The number of carbonyl (C=O) groups excluding carboxylic acids is 1. The third-order valence-corrected chi connectivity index (χ3v) is 3.88. The minimum Gasteiger partial charge on any atom is -0.496 e.